The Morgan fingerprint density at radius 2 is 2.28 bits per heavy atom. The SMILES string of the molecule is CCc1nc(C(=O)O)nn1-c1ccc(Br)cc1F. The molecule has 1 N–H and O–H groups in total. The third-order valence-electron chi connectivity index (χ3n) is 2.32. The zero-order chi connectivity index (χ0) is 13.3. The first-order valence-corrected chi connectivity index (χ1v) is 5.97. The molecular formula is C11H9BrFN3O2. The Morgan fingerprint density at radius 3 is 2.83 bits per heavy atom. The van der Waals surface area contributed by atoms with Crippen LogP contribution in [0.15, 0.2) is 22.7 Å². The predicted molar refractivity (Wildman–Crippen MR) is 65.4 cm³/mol. The van der Waals surface area contributed by atoms with Crippen molar-refractivity contribution in [2.75, 3.05) is 0 Å². The molecule has 7 heteroatoms. The van der Waals surface area contributed by atoms with Crippen LogP contribution in [-0.4, -0.2) is 25.8 Å². The van der Waals surface area contributed by atoms with Gasteiger partial charge in [0.1, 0.15) is 17.3 Å². The molecule has 0 radical (unpaired) electrons. The zero-order valence-electron chi connectivity index (χ0n) is 9.39. The van der Waals surface area contributed by atoms with E-state index < -0.39 is 11.8 Å². The smallest absolute Gasteiger partial charge is 0.375 e. The van der Waals surface area contributed by atoms with Crippen molar-refractivity contribution in [2.45, 2.75) is 13.3 Å². The summed E-state index contributed by atoms with van der Waals surface area (Å²) in [6.45, 7) is 1.79. The number of hydrogen-bond donors (Lipinski definition) is 1. The zero-order valence-corrected chi connectivity index (χ0v) is 11.0. The molecule has 1 aromatic carbocycles. The highest BCUT2D eigenvalue weighted by atomic mass is 79.9. The Morgan fingerprint density at radius 1 is 1.56 bits per heavy atom. The van der Waals surface area contributed by atoms with Crippen LogP contribution in [0.2, 0.25) is 0 Å². The van der Waals surface area contributed by atoms with Crippen molar-refractivity contribution in [1.82, 2.24) is 14.8 Å². The first-order valence-electron chi connectivity index (χ1n) is 5.17. The summed E-state index contributed by atoms with van der Waals surface area (Å²) in [5.74, 6) is -1.68. The number of hydrogen-bond acceptors (Lipinski definition) is 3. The van der Waals surface area contributed by atoms with Gasteiger partial charge in [0.05, 0.1) is 0 Å². The lowest BCUT2D eigenvalue weighted by molar-refractivity contribution is 0.0683. The number of halogens is 2. The Kier molecular flexibility index (Phi) is 3.42. The van der Waals surface area contributed by atoms with Gasteiger partial charge < -0.3 is 5.11 Å². The molecule has 0 atom stereocenters. The van der Waals surface area contributed by atoms with Gasteiger partial charge in [0.25, 0.3) is 5.82 Å². The fourth-order valence-electron chi connectivity index (χ4n) is 1.51. The molecule has 1 heterocycles. The normalized spacial score (nSPS) is 10.6. The summed E-state index contributed by atoms with van der Waals surface area (Å²) in [5, 5.41) is 12.6. The van der Waals surface area contributed by atoms with E-state index in [1.807, 2.05) is 0 Å². The lowest BCUT2D eigenvalue weighted by atomic mass is 10.3. The van der Waals surface area contributed by atoms with E-state index in [4.69, 9.17) is 5.11 Å². The average molecular weight is 314 g/mol. The van der Waals surface area contributed by atoms with E-state index in [-0.39, 0.29) is 11.5 Å². The lowest BCUT2D eigenvalue weighted by Crippen LogP contribution is -2.05. The summed E-state index contributed by atoms with van der Waals surface area (Å²) in [6.07, 6.45) is 0.454. The summed E-state index contributed by atoms with van der Waals surface area (Å²) in [4.78, 5) is 14.7. The third-order valence-corrected chi connectivity index (χ3v) is 2.81. The van der Waals surface area contributed by atoms with Gasteiger partial charge in [0.2, 0.25) is 0 Å². The maximum absolute atomic E-state index is 13.8. The second-order valence-electron chi connectivity index (χ2n) is 3.52. The number of carbonyl (C=O) groups is 1. The molecular weight excluding hydrogens is 305 g/mol. The van der Waals surface area contributed by atoms with Gasteiger partial charge in [-0.05, 0) is 18.2 Å². The van der Waals surface area contributed by atoms with Crippen LogP contribution >= 0.6 is 15.9 Å². The summed E-state index contributed by atoms with van der Waals surface area (Å²) < 4.78 is 15.6. The Balaban J connectivity index is 2.58. The van der Waals surface area contributed by atoms with Gasteiger partial charge in [-0.3, -0.25) is 0 Å². The first-order chi connectivity index (χ1) is 8.52. The molecule has 0 saturated carbocycles. The number of aromatic carboxylic acids is 1. The quantitative estimate of drug-likeness (QED) is 0.945. The second-order valence-corrected chi connectivity index (χ2v) is 4.43. The van der Waals surface area contributed by atoms with E-state index >= 15 is 0 Å². The molecule has 0 aliphatic carbocycles. The highest BCUT2D eigenvalue weighted by molar-refractivity contribution is 9.10. The number of aromatic nitrogens is 3. The van der Waals surface area contributed by atoms with Gasteiger partial charge in [-0.2, -0.15) is 0 Å². The number of carboxylic acid groups (broad SMARTS) is 1. The molecule has 0 bridgehead atoms. The largest absolute Gasteiger partial charge is 0.475 e. The number of carboxylic acids is 1. The molecule has 2 rings (SSSR count). The van der Waals surface area contributed by atoms with Crippen LogP contribution in [0.4, 0.5) is 4.39 Å². The van der Waals surface area contributed by atoms with Crippen molar-refractivity contribution < 1.29 is 14.3 Å². The molecule has 0 unspecified atom stereocenters. The Labute approximate surface area is 110 Å². The van der Waals surface area contributed by atoms with Crippen LogP contribution in [0.3, 0.4) is 0 Å². The Hall–Kier alpha value is -1.76. The number of aryl methyl sites for hydroxylation is 1. The molecule has 0 spiro atoms. The average Bonchev–Trinajstić information content (AvgIpc) is 2.73. The predicted octanol–water partition coefficient (Wildman–Crippen LogP) is 2.43. The maximum Gasteiger partial charge on any atom is 0.375 e. The monoisotopic (exact) mass is 313 g/mol. The minimum Gasteiger partial charge on any atom is -0.475 e. The minimum atomic E-state index is -1.24. The van der Waals surface area contributed by atoms with Gasteiger partial charge in [-0.25, -0.2) is 18.9 Å². The highest BCUT2D eigenvalue weighted by Crippen LogP contribution is 2.19. The van der Waals surface area contributed by atoms with Gasteiger partial charge >= 0.3 is 5.97 Å². The van der Waals surface area contributed by atoms with E-state index in [2.05, 4.69) is 26.0 Å². The van der Waals surface area contributed by atoms with Crippen molar-refractivity contribution in [2.24, 2.45) is 0 Å². The second kappa shape index (κ2) is 4.85. The van der Waals surface area contributed by atoms with Crippen molar-refractivity contribution in [3.63, 3.8) is 0 Å². The van der Waals surface area contributed by atoms with Crippen molar-refractivity contribution in [3.8, 4) is 5.69 Å². The van der Waals surface area contributed by atoms with Crippen molar-refractivity contribution in [1.29, 1.82) is 0 Å². The van der Waals surface area contributed by atoms with Crippen LogP contribution in [0.25, 0.3) is 5.69 Å². The van der Waals surface area contributed by atoms with Crippen LogP contribution < -0.4 is 0 Å². The summed E-state index contributed by atoms with van der Waals surface area (Å²) in [5.41, 5.74) is 0.176. The molecule has 0 amide bonds. The number of nitrogens with zero attached hydrogens (tertiary/aromatic N) is 3. The molecule has 0 aliphatic rings. The van der Waals surface area contributed by atoms with E-state index in [0.29, 0.717) is 16.7 Å². The van der Waals surface area contributed by atoms with Crippen LogP contribution in [0.5, 0.6) is 0 Å². The lowest BCUT2D eigenvalue weighted by Gasteiger charge is -2.05. The number of benzene rings is 1. The van der Waals surface area contributed by atoms with Crippen LogP contribution in [0.1, 0.15) is 23.4 Å². The van der Waals surface area contributed by atoms with E-state index in [1.54, 1.807) is 13.0 Å². The van der Waals surface area contributed by atoms with E-state index in [1.165, 1.54) is 16.8 Å². The third kappa shape index (κ3) is 2.26. The molecule has 0 aliphatic heterocycles. The standard InChI is InChI=1S/C11H9BrFN3O2/c1-2-9-14-10(11(17)18)15-16(9)8-4-3-6(12)5-7(8)13/h3-5H,2H2,1H3,(H,17,18). The fourth-order valence-corrected chi connectivity index (χ4v) is 1.84. The molecule has 5 nitrogen and oxygen atoms in total. The highest BCUT2D eigenvalue weighted by Gasteiger charge is 2.17. The molecule has 0 saturated heterocycles. The molecule has 0 fully saturated rings. The van der Waals surface area contributed by atoms with E-state index in [0.717, 1.165) is 0 Å². The molecule has 94 valence electrons. The molecule has 2 aromatic rings. The Bertz CT molecular complexity index is 612. The van der Waals surface area contributed by atoms with Gasteiger partial charge in [0.15, 0.2) is 0 Å². The topological polar surface area (TPSA) is 68.0 Å². The van der Waals surface area contributed by atoms with Crippen LogP contribution in [-0.2, 0) is 6.42 Å². The van der Waals surface area contributed by atoms with Gasteiger partial charge in [-0.1, -0.05) is 22.9 Å². The van der Waals surface area contributed by atoms with E-state index in [9.17, 15) is 9.18 Å². The summed E-state index contributed by atoms with van der Waals surface area (Å²) >= 11 is 3.15. The maximum atomic E-state index is 13.8. The van der Waals surface area contributed by atoms with Crippen molar-refractivity contribution >= 4 is 21.9 Å². The molecule has 18 heavy (non-hydrogen) atoms. The molecule has 1 aromatic heterocycles. The fraction of sp³-hybridized carbons (Fsp3) is 0.182. The first kappa shape index (κ1) is 12.7. The summed E-state index contributed by atoms with van der Waals surface area (Å²) in [7, 11) is 0. The number of rotatable bonds is 3. The van der Waals surface area contributed by atoms with Crippen LogP contribution in [0, 0.1) is 5.82 Å². The summed E-state index contributed by atoms with van der Waals surface area (Å²) in [6, 6.07) is 4.45. The van der Waals surface area contributed by atoms with Crippen molar-refractivity contribution in [3.05, 3.63) is 40.1 Å². The minimum absolute atomic E-state index is 0.176. The van der Waals surface area contributed by atoms with Gasteiger partial charge in [0, 0.05) is 10.9 Å². The van der Waals surface area contributed by atoms with Gasteiger partial charge in [-0.15, -0.1) is 5.10 Å².